The zero-order valence-corrected chi connectivity index (χ0v) is 20.8. The van der Waals surface area contributed by atoms with Gasteiger partial charge in [-0.25, -0.2) is 4.98 Å². The number of nitrogens with zero attached hydrogens (tertiary/aromatic N) is 3. The Morgan fingerprint density at radius 3 is 2.56 bits per heavy atom. The average Bonchev–Trinajstić information content (AvgIpc) is 3.28. The van der Waals surface area contributed by atoms with Crippen molar-refractivity contribution < 1.29 is 4.79 Å². The number of piperazine rings is 1. The highest BCUT2D eigenvalue weighted by Gasteiger charge is 2.20. The lowest BCUT2D eigenvalue weighted by atomic mass is 10.0. The predicted molar refractivity (Wildman–Crippen MR) is 142 cm³/mol. The first kappa shape index (κ1) is 23.3. The standard InChI is InChI=1S/C26H24Cl2N4OS/c27-20-8-9-22(23(28)14-20)24-17-34-26(29-24)30-25(33)16-32-12-10-31(11-13-32)15-19-6-3-5-18-4-1-2-7-21(18)19/h1-9,14,17H,10-13,15-16H2,(H,29,30,33). The number of rotatable bonds is 6. The van der Waals surface area contributed by atoms with Crippen LogP contribution in [-0.2, 0) is 11.3 Å². The molecule has 0 unspecified atom stereocenters. The molecule has 4 aromatic rings. The van der Waals surface area contributed by atoms with E-state index in [4.69, 9.17) is 23.2 Å². The lowest BCUT2D eigenvalue weighted by Gasteiger charge is -2.34. The quantitative estimate of drug-likeness (QED) is 0.344. The smallest absolute Gasteiger partial charge is 0.240 e. The number of carbonyl (C=O) groups is 1. The summed E-state index contributed by atoms with van der Waals surface area (Å²) in [5.41, 5.74) is 2.87. The monoisotopic (exact) mass is 510 g/mol. The number of halogens is 2. The van der Waals surface area contributed by atoms with Crippen LogP contribution < -0.4 is 5.32 Å². The van der Waals surface area contributed by atoms with Crippen molar-refractivity contribution in [1.82, 2.24) is 14.8 Å². The Bertz CT molecular complexity index is 1310. The van der Waals surface area contributed by atoms with E-state index in [1.54, 1.807) is 12.1 Å². The third-order valence-corrected chi connectivity index (χ3v) is 7.37. The van der Waals surface area contributed by atoms with Crippen LogP contribution in [0.2, 0.25) is 10.0 Å². The topological polar surface area (TPSA) is 48.5 Å². The number of carbonyl (C=O) groups excluding carboxylic acids is 1. The molecule has 0 spiro atoms. The minimum absolute atomic E-state index is 0.0504. The van der Waals surface area contributed by atoms with Crippen molar-refractivity contribution in [3.05, 3.63) is 81.7 Å². The Balaban J connectivity index is 1.13. The van der Waals surface area contributed by atoms with Gasteiger partial charge in [0.05, 0.1) is 17.3 Å². The number of nitrogens with one attached hydrogen (secondary N) is 1. The number of fused-ring (bicyclic) bond motifs is 1. The van der Waals surface area contributed by atoms with Gasteiger partial charge in [0.1, 0.15) is 0 Å². The van der Waals surface area contributed by atoms with Crippen LogP contribution >= 0.6 is 34.5 Å². The van der Waals surface area contributed by atoms with E-state index in [9.17, 15) is 4.79 Å². The van der Waals surface area contributed by atoms with Crippen molar-refractivity contribution in [2.75, 3.05) is 38.0 Å². The highest BCUT2D eigenvalue weighted by atomic mass is 35.5. The second-order valence-corrected chi connectivity index (χ2v) is 10.1. The lowest BCUT2D eigenvalue weighted by Crippen LogP contribution is -2.48. The van der Waals surface area contributed by atoms with Crippen LogP contribution in [0, 0.1) is 0 Å². The molecule has 0 atom stereocenters. The molecule has 1 N–H and O–H groups in total. The van der Waals surface area contributed by atoms with E-state index in [1.807, 2.05) is 11.4 Å². The van der Waals surface area contributed by atoms with E-state index >= 15 is 0 Å². The summed E-state index contributed by atoms with van der Waals surface area (Å²) < 4.78 is 0. The van der Waals surface area contributed by atoms with Crippen LogP contribution in [0.25, 0.3) is 22.0 Å². The second kappa shape index (κ2) is 10.4. The van der Waals surface area contributed by atoms with E-state index in [-0.39, 0.29) is 5.91 Å². The molecule has 0 bridgehead atoms. The normalized spacial score (nSPS) is 15.0. The molecule has 174 valence electrons. The number of benzene rings is 3. The van der Waals surface area contributed by atoms with Crippen LogP contribution in [0.4, 0.5) is 5.13 Å². The van der Waals surface area contributed by atoms with Gasteiger partial charge in [-0.05, 0) is 34.5 Å². The van der Waals surface area contributed by atoms with Gasteiger partial charge in [-0.15, -0.1) is 11.3 Å². The first-order chi connectivity index (χ1) is 16.5. The molecule has 0 saturated carbocycles. The molecule has 1 amide bonds. The number of hydrogen-bond acceptors (Lipinski definition) is 5. The minimum atomic E-state index is -0.0504. The molecule has 5 nitrogen and oxygen atoms in total. The maximum Gasteiger partial charge on any atom is 0.240 e. The number of aromatic nitrogens is 1. The Morgan fingerprint density at radius 2 is 1.74 bits per heavy atom. The van der Waals surface area contributed by atoms with Gasteiger partial charge in [-0.1, -0.05) is 65.7 Å². The fraction of sp³-hybridized carbons (Fsp3) is 0.231. The highest BCUT2D eigenvalue weighted by molar-refractivity contribution is 7.14. The van der Waals surface area contributed by atoms with E-state index in [0.29, 0.717) is 21.7 Å². The molecule has 34 heavy (non-hydrogen) atoms. The predicted octanol–water partition coefficient (Wildman–Crippen LogP) is 6.03. The van der Waals surface area contributed by atoms with Crippen molar-refractivity contribution in [1.29, 1.82) is 0 Å². The second-order valence-electron chi connectivity index (χ2n) is 8.40. The van der Waals surface area contributed by atoms with Crippen molar-refractivity contribution in [3.8, 4) is 11.3 Å². The fourth-order valence-corrected chi connectivity index (χ4v) is 5.52. The Morgan fingerprint density at radius 1 is 0.971 bits per heavy atom. The number of hydrogen-bond donors (Lipinski definition) is 1. The van der Waals surface area contributed by atoms with E-state index in [0.717, 1.165) is 44.0 Å². The first-order valence-electron chi connectivity index (χ1n) is 11.2. The van der Waals surface area contributed by atoms with Crippen molar-refractivity contribution in [2.24, 2.45) is 0 Å². The van der Waals surface area contributed by atoms with Gasteiger partial charge >= 0.3 is 0 Å². The first-order valence-corrected chi connectivity index (χ1v) is 12.8. The SMILES string of the molecule is O=C(CN1CCN(Cc2cccc3ccccc23)CC1)Nc1nc(-c2ccc(Cl)cc2Cl)cs1. The number of anilines is 1. The molecular formula is C26H24Cl2N4OS. The molecule has 5 rings (SSSR count). The van der Waals surface area contributed by atoms with Crippen LogP contribution in [-0.4, -0.2) is 53.4 Å². The fourth-order valence-electron chi connectivity index (χ4n) is 4.29. The minimum Gasteiger partial charge on any atom is -0.301 e. The van der Waals surface area contributed by atoms with Crippen LogP contribution in [0.1, 0.15) is 5.56 Å². The zero-order chi connectivity index (χ0) is 23.5. The molecule has 2 heterocycles. The maximum absolute atomic E-state index is 12.6. The molecule has 1 aliphatic rings. The highest BCUT2D eigenvalue weighted by Crippen LogP contribution is 2.32. The van der Waals surface area contributed by atoms with Crippen LogP contribution in [0.5, 0.6) is 0 Å². The number of thiazole rings is 1. The van der Waals surface area contributed by atoms with E-state index in [2.05, 4.69) is 62.6 Å². The summed E-state index contributed by atoms with van der Waals surface area (Å²) in [5, 5.41) is 9.09. The van der Waals surface area contributed by atoms with Gasteiger partial charge in [0.25, 0.3) is 0 Å². The summed E-state index contributed by atoms with van der Waals surface area (Å²) in [6.45, 7) is 4.89. The molecule has 1 saturated heterocycles. The van der Waals surface area contributed by atoms with Gasteiger partial charge in [0, 0.05) is 48.7 Å². The van der Waals surface area contributed by atoms with Gasteiger partial charge in [0.2, 0.25) is 5.91 Å². The van der Waals surface area contributed by atoms with Crippen LogP contribution in [0.3, 0.4) is 0 Å². The summed E-state index contributed by atoms with van der Waals surface area (Å²) in [6.07, 6.45) is 0. The largest absolute Gasteiger partial charge is 0.301 e. The van der Waals surface area contributed by atoms with Crippen molar-refractivity contribution >= 4 is 56.3 Å². The maximum atomic E-state index is 12.6. The summed E-state index contributed by atoms with van der Waals surface area (Å²) in [4.78, 5) is 21.8. The third-order valence-electron chi connectivity index (χ3n) is 6.06. The Hall–Kier alpha value is -2.48. The molecule has 3 aromatic carbocycles. The number of amides is 1. The zero-order valence-electron chi connectivity index (χ0n) is 18.5. The molecule has 1 aliphatic heterocycles. The van der Waals surface area contributed by atoms with Crippen molar-refractivity contribution in [3.63, 3.8) is 0 Å². The Labute approximate surface area is 212 Å². The summed E-state index contributed by atoms with van der Waals surface area (Å²) in [5.74, 6) is -0.0504. The summed E-state index contributed by atoms with van der Waals surface area (Å²) in [6, 6.07) is 20.3. The molecule has 0 radical (unpaired) electrons. The lowest BCUT2D eigenvalue weighted by molar-refractivity contribution is -0.117. The molecular weight excluding hydrogens is 487 g/mol. The molecule has 1 aromatic heterocycles. The van der Waals surface area contributed by atoms with Crippen molar-refractivity contribution in [2.45, 2.75) is 6.54 Å². The molecule has 8 heteroatoms. The molecule has 1 fully saturated rings. The average molecular weight is 511 g/mol. The Kier molecular flexibility index (Phi) is 7.13. The van der Waals surface area contributed by atoms with E-state index < -0.39 is 0 Å². The summed E-state index contributed by atoms with van der Waals surface area (Å²) >= 11 is 13.6. The van der Waals surface area contributed by atoms with E-state index in [1.165, 1.54) is 27.7 Å². The third kappa shape index (κ3) is 5.43. The van der Waals surface area contributed by atoms with Gasteiger partial charge < -0.3 is 5.32 Å². The van der Waals surface area contributed by atoms with Crippen LogP contribution in [0.15, 0.2) is 66.0 Å². The van der Waals surface area contributed by atoms with Gasteiger partial charge in [0.15, 0.2) is 5.13 Å². The summed E-state index contributed by atoms with van der Waals surface area (Å²) in [7, 11) is 0. The molecule has 0 aliphatic carbocycles. The van der Waals surface area contributed by atoms with Gasteiger partial charge in [-0.2, -0.15) is 0 Å². The van der Waals surface area contributed by atoms with Gasteiger partial charge in [-0.3, -0.25) is 14.6 Å².